The molecule has 3 heterocycles. The Morgan fingerprint density at radius 3 is 2.57 bits per heavy atom. The quantitative estimate of drug-likeness (QED) is 0.266. The summed E-state index contributed by atoms with van der Waals surface area (Å²) in [5, 5.41) is 12.1. The summed E-state index contributed by atoms with van der Waals surface area (Å²) in [5.41, 5.74) is 3.78. The van der Waals surface area contributed by atoms with Crippen molar-refractivity contribution in [3.63, 3.8) is 0 Å². The topological polar surface area (TPSA) is 124 Å². The number of benzene rings is 2. The lowest BCUT2D eigenvalue weighted by Crippen LogP contribution is -2.38. The molecular formula is C28H28ClF3N6O4. The molecule has 0 bridgehead atoms. The molecule has 222 valence electrons. The summed E-state index contributed by atoms with van der Waals surface area (Å²) < 4.78 is 37.3. The highest BCUT2D eigenvalue weighted by molar-refractivity contribution is 6.31. The molecule has 1 atom stereocenters. The molecule has 3 N–H and O–H groups in total. The molecule has 1 amide bonds. The number of rotatable bonds is 6. The summed E-state index contributed by atoms with van der Waals surface area (Å²) in [6, 6.07) is 13.3. The lowest BCUT2D eigenvalue weighted by atomic mass is 10.1. The first-order valence-electron chi connectivity index (χ1n) is 12.7. The number of halogens is 4. The largest absolute Gasteiger partial charge is 0.495 e. The van der Waals surface area contributed by atoms with E-state index in [4.69, 9.17) is 31.2 Å². The van der Waals surface area contributed by atoms with Crippen molar-refractivity contribution in [2.45, 2.75) is 18.6 Å². The Morgan fingerprint density at radius 2 is 1.93 bits per heavy atom. The fraction of sp³-hybridized carbons (Fsp3) is 0.286. The van der Waals surface area contributed by atoms with Crippen molar-refractivity contribution in [2.75, 3.05) is 39.6 Å². The summed E-state index contributed by atoms with van der Waals surface area (Å²) in [6.07, 6.45) is -0.757. The van der Waals surface area contributed by atoms with Crippen LogP contribution < -0.4 is 10.1 Å². The van der Waals surface area contributed by atoms with Crippen LogP contribution in [0.3, 0.4) is 0 Å². The molecule has 2 aromatic heterocycles. The van der Waals surface area contributed by atoms with Crippen molar-refractivity contribution in [1.82, 2.24) is 24.8 Å². The number of hydrogen-bond donors (Lipinski definition) is 3. The average Bonchev–Trinajstić information content (AvgIpc) is 3.58. The van der Waals surface area contributed by atoms with E-state index in [1.54, 1.807) is 31.6 Å². The van der Waals surface area contributed by atoms with Crippen molar-refractivity contribution in [3.8, 4) is 17.1 Å². The number of nitrogens with one attached hydrogen (secondary N) is 2. The van der Waals surface area contributed by atoms with Gasteiger partial charge >= 0.3 is 12.1 Å². The van der Waals surface area contributed by atoms with Crippen LogP contribution in [0.5, 0.6) is 5.75 Å². The van der Waals surface area contributed by atoms with Gasteiger partial charge < -0.3 is 29.9 Å². The Labute approximate surface area is 244 Å². The first-order chi connectivity index (χ1) is 19.8. The number of carbonyl (C=O) groups is 2. The number of alkyl halides is 3. The van der Waals surface area contributed by atoms with Gasteiger partial charge in [-0.3, -0.25) is 9.78 Å². The smallest absolute Gasteiger partial charge is 0.490 e. The monoisotopic (exact) mass is 604 g/mol. The number of likely N-dealkylation sites (N-methyl/N-ethyl adjacent to an activating group) is 2. The van der Waals surface area contributed by atoms with E-state index in [0.717, 1.165) is 36.1 Å². The molecular weight excluding hydrogens is 577 g/mol. The molecule has 0 aliphatic carbocycles. The Bertz CT molecular complexity index is 1600. The molecule has 2 aromatic carbocycles. The van der Waals surface area contributed by atoms with E-state index in [1.165, 1.54) is 0 Å². The summed E-state index contributed by atoms with van der Waals surface area (Å²) in [7, 11) is 5.53. The molecule has 5 rings (SSSR count). The number of aliphatic carboxylic acids is 1. The zero-order chi connectivity index (χ0) is 30.6. The third-order valence-electron chi connectivity index (χ3n) is 6.68. The number of ether oxygens (including phenoxy) is 1. The molecule has 0 radical (unpaired) electrons. The van der Waals surface area contributed by atoms with Crippen LogP contribution in [0.1, 0.15) is 16.8 Å². The molecule has 1 unspecified atom stereocenters. The second-order valence-corrected chi connectivity index (χ2v) is 10.1. The number of amides is 1. The van der Waals surface area contributed by atoms with Crippen LogP contribution in [0, 0.1) is 0 Å². The molecule has 0 saturated carbocycles. The highest BCUT2D eigenvalue weighted by Gasteiger charge is 2.38. The van der Waals surface area contributed by atoms with Crippen molar-refractivity contribution >= 4 is 45.9 Å². The van der Waals surface area contributed by atoms with Gasteiger partial charge in [-0.2, -0.15) is 13.2 Å². The standard InChI is InChI=1S/C26H27ClN6O2.C2HF3O2/c1-32-9-8-19(15-32)33(2)26(34)16-4-6-21(24(12-16)35-3)30-25-14-28-13-23(31-25)22-11-17-10-18(27)5-7-20(17)29-22;3-2(4,5)1(6)7/h4-7,10-14,19,29H,8-9,15H2,1-3H3,(H,30,31);(H,6,7). The lowest BCUT2D eigenvalue weighted by Gasteiger charge is -2.25. The highest BCUT2D eigenvalue weighted by atomic mass is 35.5. The van der Waals surface area contributed by atoms with Crippen LogP contribution in [0.25, 0.3) is 22.3 Å². The second-order valence-electron chi connectivity index (χ2n) is 9.67. The number of methoxy groups -OCH3 is 1. The van der Waals surface area contributed by atoms with Gasteiger partial charge in [0.2, 0.25) is 0 Å². The molecule has 14 heteroatoms. The number of aromatic amines is 1. The van der Waals surface area contributed by atoms with E-state index in [2.05, 4.69) is 27.2 Å². The number of carbonyl (C=O) groups excluding carboxylic acids is 1. The van der Waals surface area contributed by atoms with E-state index in [9.17, 15) is 18.0 Å². The van der Waals surface area contributed by atoms with Crippen molar-refractivity contribution in [1.29, 1.82) is 0 Å². The summed E-state index contributed by atoms with van der Waals surface area (Å²) in [6.45, 7) is 1.89. The summed E-state index contributed by atoms with van der Waals surface area (Å²) in [5.74, 6) is -1.66. The normalized spacial score (nSPS) is 15.2. The number of hydrogen-bond acceptors (Lipinski definition) is 7. The number of anilines is 2. The number of fused-ring (bicyclic) bond motifs is 1. The van der Waals surface area contributed by atoms with Crippen LogP contribution in [0.15, 0.2) is 54.9 Å². The second kappa shape index (κ2) is 12.7. The van der Waals surface area contributed by atoms with E-state index < -0.39 is 12.1 Å². The van der Waals surface area contributed by atoms with Gasteiger partial charge in [-0.25, -0.2) is 9.78 Å². The third-order valence-corrected chi connectivity index (χ3v) is 6.92. The summed E-state index contributed by atoms with van der Waals surface area (Å²) in [4.78, 5) is 38.4. The maximum absolute atomic E-state index is 13.1. The van der Waals surface area contributed by atoms with Crippen molar-refractivity contribution in [3.05, 3.63) is 65.4 Å². The van der Waals surface area contributed by atoms with Crippen LogP contribution in [-0.2, 0) is 4.79 Å². The number of likely N-dealkylation sites (tertiary alicyclic amines) is 1. The molecule has 1 fully saturated rings. The molecule has 1 aliphatic heterocycles. The van der Waals surface area contributed by atoms with Crippen LogP contribution in [0.2, 0.25) is 5.02 Å². The fourth-order valence-electron chi connectivity index (χ4n) is 4.46. The first kappa shape index (κ1) is 30.6. The number of H-pyrrole nitrogens is 1. The number of carboxylic acid groups (broad SMARTS) is 1. The molecule has 1 aliphatic rings. The van der Waals surface area contributed by atoms with Gasteiger partial charge in [-0.15, -0.1) is 0 Å². The highest BCUT2D eigenvalue weighted by Crippen LogP contribution is 2.30. The molecule has 10 nitrogen and oxygen atoms in total. The van der Waals surface area contributed by atoms with Gasteiger partial charge in [0.25, 0.3) is 5.91 Å². The third kappa shape index (κ3) is 7.28. The Morgan fingerprint density at radius 1 is 1.19 bits per heavy atom. The number of aromatic nitrogens is 3. The van der Waals surface area contributed by atoms with E-state index in [-0.39, 0.29) is 11.9 Å². The molecule has 42 heavy (non-hydrogen) atoms. The Hall–Kier alpha value is -4.36. The zero-order valence-electron chi connectivity index (χ0n) is 22.9. The molecule has 0 spiro atoms. The van der Waals surface area contributed by atoms with Gasteiger partial charge in [0.05, 0.1) is 30.9 Å². The maximum atomic E-state index is 13.1. The Kier molecular flexibility index (Phi) is 9.22. The van der Waals surface area contributed by atoms with Crippen LogP contribution in [-0.4, -0.2) is 88.2 Å². The van der Waals surface area contributed by atoms with Gasteiger partial charge in [0.1, 0.15) is 17.3 Å². The fourth-order valence-corrected chi connectivity index (χ4v) is 4.64. The first-order valence-corrected chi connectivity index (χ1v) is 13.0. The van der Waals surface area contributed by atoms with Crippen LogP contribution >= 0.6 is 11.6 Å². The van der Waals surface area contributed by atoms with Gasteiger partial charge in [0.15, 0.2) is 0 Å². The van der Waals surface area contributed by atoms with Gasteiger partial charge in [-0.1, -0.05) is 11.6 Å². The predicted molar refractivity (Wildman–Crippen MR) is 152 cm³/mol. The van der Waals surface area contributed by atoms with Crippen molar-refractivity contribution < 1.29 is 32.6 Å². The van der Waals surface area contributed by atoms with E-state index in [1.807, 2.05) is 42.3 Å². The molecule has 1 saturated heterocycles. The predicted octanol–water partition coefficient (Wildman–Crippen LogP) is 5.44. The van der Waals surface area contributed by atoms with Crippen molar-refractivity contribution in [2.24, 2.45) is 0 Å². The summed E-state index contributed by atoms with van der Waals surface area (Å²) >= 11 is 6.12. The van der Waals surface area contributed by atoms with E-state index >= 15 is 0 Å². The maximum Gasteiger partial charge on any atom is 0.490 e. The minimum Gasteiger partial charge on any atom is -0.495 e. The minimum atomic E-state index is -5.08. The Balaban J connectivity index is 0.000000517. The molecule has 4 aromatic rings. The SMILES string of the molecule is COc1cc(C(=O)N(C)C2CCN(C)C2)ccc1Nc1cncc(-c2cc3cc(Cl)ccc3[nH]2)n1.O=C(O)C(F)(F)F. The van der Waals surface area contributed by atoms with Gasteiger partial charge in [-0.05, 0) is 62.5 Å². The van der Waals surface area contributed by atoms with E-state index in [0.29, 0.717) is 33.5 Å². The minimum absolute atomic E-state index is 0.0177. The number of carboxylic acids is 1. The van der Waals surface area contributed by atoms with Crippen LogP contribution in [0.4, 0.5) is 24.7 Å². The average molecular weight is 605 g/mol. The zero-order valence-corrected chi connectivity index (χ0v) is 23.6. The number of nitrogens with zero attached hydrogens (tertiary/aromatic N) is 4. The van der Waals surface area contributed by atoms with Gasteiger partial charge in [0, 0.05) is 41.1 Å². The lowest BCUT2D eigenvalue weighted by molar-refractivity contribution is -0.192.